The molecule has 138 valence electrons. The molecule has 2 aliphatic rings. The molecule has 0 bridgehead atoms. The Kier molecular flexibility index (Phi) is 5.64. The zero-order chi connectivity index (χ0) is 18.0. The summed E-state index contributed by atoms with van der Waals surface area (Å²) in [6.07, 6.45) is 3.29. The molecule has 1 fully saturated rings. The van der Waals surface area contributed by atoms with Crippen LogP contribution in [0, 0.1) is 5.92 Å². The van der Waals surface area contributed by atoms with Crippen molar-refractivity contribution in [3.63, 3.8) is 0 Å². The number of amides is 2. The molecule has 0 aromatic heterocycles. The molecule has 25 heavy (non-hydrogen) atoms. The highest BCUT2D eigenvalue weighted by Gasteiger charge is 2.28. The van der Waals surface area contributed by atoms with Crippen molar-refractivity contribution < 1.29 is 9.90 Å². The van der Waals surface area contributed by atoms with Gasteiger partial charge in [0.1, 0.15) is 0 Å². The third-order valence-corrected chi connectivity index (χ3v) is 5.84. The Morgan fingerprint density at radius 3 is 2.68 bits per heavy atom. The van der Waals surface area contributed by atoms with Crippen molar-refractivity contribution in [3.8, 4) is 0 Å². The summed E-state index contributed by atoms with van der Waals surface area (Å²) < 4.78 is 0. The van der Waals surface area contributed by atoms with Crippen LogP contribution in [0.3, 0.4) is 0 Å². The van der Waals surface area contributed by atoms with Gasteiger partial charge in [-0.05, 0) is 42.9 Å². The normalized spacial score (nSPS) is 24.8. The highest BCUT2D eigenvalue weighted by atomic mass is 16.3. The number of urea groups is 1. The van der Waals surface area contributed by atoms with Crippen LogP contribution in [0.4, 0.5) is 10.5 Å². The number of carbonyl (C=O) groups is 1. The minimum absolute atomic E-state index is 0.136. The van der Waals surface area contributed by atoms with Gasteiger partial charge in [-0.25, -0.2) is 4.79 Å². The zero-order valence-electron chi connectivity index (χ0n) is 15.6. The van der Waals surface area contributed by atoms with E-state index in [1.807, 2.05) is 12.1 Å². The Labute approximate surface area is 150 Å². The van der Waals surface area contributed by atoms with E-state index in [-0.39, 0.29) is 12.1 Å². The lowest BCUT2D eigenvalue weighted by molar-refractivity contribution is 0.0955. The molecule has 5 heteroatoms. The molecular formula is C20H31N3O2. The van der Waals surface area contributed by atoms with E-state index in [0.717, 1.165) is 44.5 Å². The number of aliphatic hydroxyl groups is 1. The highest BCUT2D eigenvalue weighted by molar-refractivity contribution is 5.90. The molecule has 1 aromatic rings. The van der Waals surface area contributed by atoms with Crippen LogP contribution in [0.2, 0.25) is 0 Å². The lowest BCUT2D eigenvalue weighted by Gasteiger charge is -2.28. The Bertz CT molecular complexity index is 617. The van der Waals surface area contributed by atoms with Crippen molar-refractivity contribution in [2.45, 2.75) is 77.7 Å². The van der Waals surface area contributed by atoms with E-state index >= 15 is 0 Å². The van der Waals surface area contributed by atoms with Gasteiger partial charge in [0.15, 0.2) is 0 Å². The fourth-order valence-electron chi connectivity index (χ4n) is 3.88. The Morgan fingerprint density at radius 2 is 1.96 bits per heavy atom. The Balaban J connectivity index is 1.65. The topological polar surface area (TPSA) is 64.6 Å². The number of anilines is 1. The van der Waals surface area contributed by atoms with E-state index in [4.69, 9.17) is 0 Å². The van der Waals surface area contributed by atoms with Gasteiger partial charge in [-0.3, -0.25) is 4.90 Å². The third-order valence-electron chi connectivity index (χ3n) is 5.84. The number of aliphatic hydroxyl groups excluding tert-OH is 1. The summed E-state index contributed by atoms with van der Waals surface area (Å²) in [5, 5.41) is 16.0. The van der Waals surface area contributed by atoms with Gasteiger partial charge in [-0.1, -0.05) is 38.8 Å². The summed E-state index contributed by atoms with van der Waals surface area (Å²) in [5.41, 5.74) is 3.40. The lowest BCUT2D eigenvalue weighted by atomic mass is 9.93. The maximum absolute atomic E-state index is 12.4. The number of benzene rings is 1. The van der Waals surface area contributed by atoms with Gasteiger partial charge in [0, 0.05) is 24.8 Å². The number of carbonyl (C=O) groups excluding carboxylic acids is 1. The summed E-state index contributed by atoms with van der Waals surface area (Å²) in [6.45, 7) is 8.57. The van der Waals surface area contributed by atoms with Gasteiger partial charge in [0.2, 0.25) is 0 Å². The van der Waals surface area contributed by atoms with Crippen LogP contribution in [-0.4, -0.2) is 34.2 Å². The molecule has 1 aromatic carbocycles. The molecule has 1 heterocycles. The second-order valence-electron chi connectivity index (χ2n) is 7.89. The monoisotopic (exact) mass is 345 g/mol. The lowest BCUT2D eigenvalue weighted by Crippen LogP contribution is -2.46. The third kappa shape index (κ3) is 4.15. The van der Waals surface area contributed by atoms with Gasteiger partial charge in [0.05, 0.1) is 12.1 Å². The maximum Gasteiger partial charge on any atom is 0.319 e. The van der Waals surface area contributed by atoms with Gasteiger partial charge < -0.3 is 15.7 Å². The quantitative estimate of drug-likeness (QED) is 0.783. The summed E-state index contributed by atoms with van der Waals surface area (Å²) in [7, 11) is 0. The van der Waals surface area contributed by atoms with E-state index < -0.39 is 6.10 Å². The van der Waals surface area contributed by atoms with Crippen molar-refractivity contribution in [2.24, 2.45) is 5.92 Å². The van der Waals surface area contributed by atoms with Crippen molar-refractivity contribution >= 4 is 11.7 Å². The number of nitrogens with one attached hydrogen (secondary N) is 2. The first-order chi connectivity index (χ1) is 12.0. The molecular weight excluding hydrogens is 314 g/mol. The largest absolute Gasteiger partial charge is 0.391 e. The number of rotatable bonds is 4. The standard InChI is InChI=1S/C20H31N3O2/c1-13(2)14(3)23-11-15-7-6-9-17(16(15)12-23)21-20(25)22-18-8-4-5-10-19(18)24/h6-7,9,13-14,18-19,24H,4-5,8,10-12H2,1-3H3,(H2,21,22,25). The molecule has 2 amide bonds. The highest BCUT2D eigenvalue weighted by Crippen LogP contribution is 2.32. The summed E-state index contributed by atoms with van der Waals surface area (Å²) in [4.78, 5) is 14.9. The fraction of sp³-hybridized carbons (Fsp3) is 0.650. The van der Waals surface area contributed by atoms with Crippen LogP contribution in [0.15, 0.2) is 18.2 Å². The van der Waals surface area contributed by atoms with E-state index in [1.54, 1.807) is 0 Å². The van der Waals surface area contributed by atoms with Crippen molar-refractivity contribution in [1.29, 1.82) is 0 Å². The van der Waals surface area contributed by atoms with Gasteiger partial charge in [-0.15, -0.1) is 0 Å². The first-order valence-electron chi connectivity index (χ1n) is 9.56. The first kappa shape index (κ1) is 18.2. The van der Waals surface area contributed by atoms with Gasteiger partial charge in [0.25, 0.3) is 0 Å². The molecule has 3 unspecified atom stereocenters. The second kappa shape index (κ2) is 7.75. The Hall–Kier alpha value is -1.59. The number of fused-ring (bicyclic) bond motifs is 1. The van der Waals surface area contributed by atoms with E-state index in [1.165, 1.54) is 11.1 Å². The van der Waals surface area contributed by atoms with Crippen molar-refractivity contribution in [1.82, 2.24) is 10.2 Å². The van der Waals surface area contributed by atoms with Gasteiger partial charge in [-0.2, -0.15) is 0 Å². The Morgan fingerprint density at radius 1 is 1.20 bits per heavy atom. The minimum Gasteiger partial charge on any atom is -0.391 e. The van der Waals surface area contributed by atoms with Crippen LogP contribution in [0.25, 0.3) is 0 Å². The predicted octanol–water partition coefficient (Wildman–Crippen LogP) is 3.47. The van der Waals surface area contributed by atoms with Crippen molar-refractivity contribution in [3.05, 3.63) is 29.3 Å². The van der Waals surface area contributed by atoms with Crippen LogP contribution in [-0.2, 0) is 13.1 Å². The van der Waals surface area contributed by atoms with E-state index in [2.05, 4.69) is 42.4 Å². The van der Waals surface area contributed by atoms with Crippen LogP contribution < -0.4 is 10.6 Å². The van der Waals surface area contributed by atoms with Crippen LogP contribution >= 0.6 is 0 Å². The zero-order valence-corrected chi connectivity index (χ0v) is 15.6. The molecule has 1 aliphatic heterocycles. The van der Waals surface area contributed by atoms with E-state index in [0.29, 0.717) is 12.0 Å². The number of nitrogens with zero attached hydrogens (tertiary/aromatic N) is 1. The molecule has 1 aliphatic carbocycles. The average Bonchev–Trinajstić information content (AvgIpc) is 3.01. The molecule has 0 spiro atoms. The molecule has 3 N–H and O–H groups in total. The van der Waals surface area contributed by atoms with Gasteiger partial charge >= 0.3 is 6.03 Å². The summed E-state index contributed by atoms with van der Waals surface area (Å²) in [6, 6.07) is 6.28. The molecule has 3 rings (SSSR count). The van der Waals surface area contributed by atoms with Crippen LogP contribution in [0.1, 0.15) is 57.6 Å². The smallest absolute Gasteiger partial charge is 0.319 e. The SMILES string of the molecule is CC(C)C(C)N1Cc2cccc(NC(=O)NC3CCCCC3O)c2C1. The molecule has 5 nitrogen and oxygen atoms in total. The van der Waals surface area contributed by atoms with E-state index in [9.17, 15) is 9.90 Å². The predicted molar refractivity (Wildman–Crippen MR) is 100 cm³/mol. The molecule has 1 saturated carbocycles. The molecule has 0 radical (unpaired) electrons. The summed E-state index contributed by atoms with van der Waals surface area (Å²) >= 11 is 0. The first-order valence-corrected chi connectivity index (χ1v) is 9.56. The average molecular weight is 345 g/mol. The number of hydrogen-bond acceptors (Lipinski definition) is 3. The van der Waals surface area contributed by atoms with Crippen LogP contribution in [0.5, 0.6) is 0 Å². The maximum atomic E-state index is 12.4. The minimum atomic E-state index is -0.427. The fourth-order valence-corrected chi connectivity index (χ4v) is 3.88. The second-order valence-corrected chi connectivity index (χ2v) is 7.89. The van der Waals surface area contributed by atoms with Crippen molar-refractivity contribution in [2.75, 3.05) is 5.32 Å². The molecule has 0 saturated heterocycles. The molecule has 3 atom stereocenters. The summed E-state index contributed by atoms with van der Waals surface area (Å²) in [5.74, 6) is 0.599. The number of hydrogen-bond donors (Lipinski definition) is 3.